The zero-order chi connectivity index (χ0) is 15.5. The maximum Gasteiger partial charge on any atom is 0.251 e. The molecule has 6 nitrogen and oxygen atoms in total. The number of benzene rings is 1. The summed E-state index contributed by atoms with van der Waals surface area (Å²) < 4.78 is 12.5. The van der Waals surface area contributed by atoms with Crippen LogP contribution in [0.1, 0.15) is 28.2 Å². The Morgan fingerprint density at radius 1 is 1.27 bits per heavy atom. The van der Waals surface area contributed by atoms with Gasteiger partial charge in [-0.3, -0.25) is 9.48 Å². The number of rotatable bonds is 5. The first-order chi connectivity index (χ1) is 10.6. The molecule has 0 saturated carbocycles. The Kier molecular flexibility index (Phi) is 4.00. The van der Waals surface area contributed by atoms with Crippen LogP contribution in [-0.2, 0) is 6.54 Å². The van der Waals surface area contributed by atoms with Crippen molar-refractivity contribution in [1.82, 2.24) is 15.1 Å². The molecule has 1 aliphatic rings. The summed E-state index contributed by atoms with van der Waals surface area (Å²) in [5.74, 6) is 1.20. The van der Waals surface area contributed by atoms with Gasteiger partial charge in [0.05, 0.1) is 5.69 Å². The van der Waals surface area contributed by atoms with Gasteiger partial charge in [0.15, 0.2) is 11.5 Å². The summed E-state index contributed by atoms with van der Waals surface area (Å²) in [5, 5.41) is 7.31. The van der Waals surface area contributed by atoms with Gasteiger partial charge in [-0.25, -0.2) is 0 Å². The number of fused-ring (bicyclic) bond motifs is 1. The van der Waals surface area contributed by atoms with Crippen molar-refractivity contribution >= 4 is 5.91 Å². The van der Waals surface area contributed by atoms with Gasteiger partial charge < -0.3 is 14.8 Å². The molecule has 0 aliphatic carbocycles. The van der Waals surface area contributed by atoms with Crippen LogP contribution in [-0.4, -0.2) is 29.0 Å². The van der Waals surface area contributed by atoms with Crippen molar-refractivity contribution in [3.05, 3.63) is 41.2 Å². The highest BCUT2D eigenvalue weighted by atomic mass is 16.7. The highest BCUT2D eigenvalue weighted by Gasteiger charge is 2.15. The van der Waals surface area contributed by atoms with Crippen LogP contribution in [0.5, 0.6) is 11.5 Å². The normalized spacial score (nSPS) is 12.5. The standard InChI is InChI=1S/C16H19N3O3/c1-11-8-12(2)19(18-11)7-3-6-17-16(20)13-4-5-14-15(9-13)22-10-21-14/h4-5,8-9H,3,6-7,10H2,1-2H3,(H,17,20). The fourth-order valence-electron chi connectivity index (χ4n) is 2.47. The van der Waals surface area contributed by atoms with Crippen LogP contribution in [0.25, 0.3) is 0 Å². The maximum absolute atomic E-state index is 12.1. The molecular formula is C16H19N3O3. The van der Waals surface area contributed by atoms with Crippen molar-refractivity contribution in [2.45, 2.75) is 26.8 Å². The van der Waals surface area contributed by atoms with Gasteiger partial charge in [0.2, 0.25) is 6.79 Å². The van der Waals surface area contributed by atoms with Gasteiger partial charge in [-0.1, -0.05) is 0 Å². The van der Waals surface area contributed by atoms with E-state index in [0.717, 1.165) is 24.4 Å². The van der Waals surface area contributed by atoms with E-state index in [1.807, 2.05) is 24.6 Å². The molecule has 0 fully saturated rings. The van der Waals surface area contributed by atoms with Gasteiger partial charge in [0, 0.05) is 24.3 Å². The van der Waals surface area contributed by atoms with E-state index in [2.05, 4.69) is 10.4 Å². The number of nitrogens with one attached hydrogen (secondary N) is 1. The zero-order valence-electron chi connectivity index (χ0n) is 12.8. The summed E-state index contributed by atoms with van der Waals surface area (Å²) in [6.45, 7) is 5.62. The molecule has 0 spiro atoms. The molecule has 116 valence electrons. The van der Waals surface area contributed by atoms with Crippen molar-refractivity contribution in [1.29, 1.82) is 0 Å². The van der Waals surface area contributed by atoms with Gasteiger partial charge in [-0.05, 0) is 44.5 Å². The summed E-state index contributed by atoms with van der Waals surface area (Å²) in [6, 6.07) is 7.25. The Bertz CT molecular complexity index is 694. The minimum atomic E-state index is -0.105. The van der Waals surface area contributed by atoms with Crippen molar-refractivity contribution < 1.29 is 14.3 Å². The SMILES string of the molecule is Cc1cc(C)n(CCCNC(=O)c2ccc3c(c2)OCO3)n1. The van der Waals surface area contributed by atoms with E-state index >= 15 is 0 Å². The van der Waals surface area contributed by atoms with E-state index in [0.29, 0.717) is 23.6 Å². The largest absolute Gasteiger partial charge is 0.454 e. The highest BCUT2D eigenvalue weighted by Crippen LogP contribution is 2.32. The lowest BCUT2D eigenvalue weighted by molar-refractivity contribution is 0.0952. The van der Waals surface area contributed by atoms with Crippen LogP contribution < -0.4 is 14.8 Å². The van der Waals surface area contributed by atoms with E-state index in [9.17, 15) is 4.79 Å². The Balaban J connectivity index is 1.49. The molecule has 6 heteroatoms. The fourth-order valence-corrected chi connectivity index (χ4v) is 2.47. The summed E-state index contributed by atoms with van der Waals surface area (Å²) in [5.41, 5.74) is 2.73. The molecule has 0 bridgehead atoms. The number of aromatic nitrogens is 2. The second-order valence-corrected chi connectivity index (χ2v) is 5.33. The second kappa shape index (κ2) is 6.09. The summed E-state index contributed by atoms with van der Waals surface area (Å²) in [6.07, 6.45) is 0.832. The molecule has 1 N–H and O–H groups in total. The van der Waals surface area contributed by atoms with E-state index in [-0.39, 0.29) is 12.7 Å². The number of nitrogens with zero attached hydrogens (tertiary/aromatic N) is 2. The van der Waals surface area contributed by atoms with Crippen LogP contribution in [0, 0.1) is 13.8 Å². The third kappa shape index (κ3) is 3.05. The fraction of sp³-hybridized carbons (Fsp3) is 0.375. The average molecular weight is 301 g/mol. The van der Waals surface area contributed by atoms with Crippen LogP contribution in [0.2, 0.25) is 0 Å². The molecule has 0 radical (unpaired) electrons. The number of carbonyl (C=O) groups excluding carboxylic acids is 1. The van der Waals surface area contributed by atoms with E-state index in [1.165, 1.54) is 0 Å². The van der Waals surface area contributed by atoms with Crippen LogP contribution in [0.3, 0.4) is 0 Å². The molecule has 2 heterocycles. The minimum absolute atomic E-state index is 0.105. The molecule has 1 aromatic carbocycles. The molecular weight excluding hydrogens is 282 g/mol. The van der Waals surface area contributed by atoms with E-state index in [1.54, 1.807) is 18.2 Å². The summed E-state index contributed by atoms with van der Waals surface area (Å²) in [7, 11) is 0. The van der Waals surface area contributed by atoms with Crippen molar-refractivity contribution in [3.8, 4) is 11.5 Å². The van der Waals surface area contributed by atoms with Crippen molar-refractivity contribution in [3.63, 3.8) is 0 Å². The molecule has 1 aliphatic heterocycles. The number of aryl methyl sites for hydroxylation is 3. The Morgan fingerprint density at radius 2 is 2.09 bits per heavy atom. The van der Waals surface area contributed by atoms with Crippen molar-refractivity contribution in [2.24, 2.45) is 0 Å². The second-order valence-electron chi connectivity index (χ2n) is 5.33. The van der Waals surface area contributed by atoms with Crippen LogP contribution in [0.4, 0.5) is 0 Å². The zero-order valence-corrected chi connectivity index (χ0v) is 12.8. The molecule has 0 atom stereocenters. The molecule has 0 saturated heterocycles. The van der Waals surface area contributed by atoms with E-state index in [4.69, 9.17) is 9.47 Å². The summed E-state index contributed by atoms with van der Waals surface area (Å²) >= 11 is 0. The lowest BCUT2D eigenvalue weighted by Gasteiger charge is -2.07. The van der Waals surface area contributed by atoms with E-state index < -0.39 is 0 Å². The van der Waals surface area contributed by atoms with Gasteiger partial charge in [-0.2, -0.15) is 5.10 Å². The van der Waals surface area contributed by atoms with Gasteiger partial charge in [0.1, 0.15) is 0 Å². The highest BCUT2D eigenvalue weighted by molar-refractivity contribution is 5.94. The Labute approximate surface area is 129 Å². The Morgan fingerprint density at radius 3 is 2.86 bits per heavy atom. The monoisotopic (exact) mass is 301 g/mol. The number of ether oxygens (including phenoxy) is 2. The number of hydrogen-bond donors (Lipinski definition) is 1. The molecule has 3 rings (SSSR count). The third-order valence-corrected chi connectivity index (χ3v) is 3.57. The maximum atomic E-state index is 12.1. The van der Waals surface area contributed by atoms with Gasteiger partial charge in [-0.15, -0.1) is 0 Å². The van der Waals surface area contributed by atoms with Gasteiger partial charge >= 0.3 is 0 Å². The summed E-state index contributed by atoms with van der Waals surface area (Å²) in [4.78, 5) is 12.1. The first-order valence-electron chi connectivity index (χ1n) is 7.32. The predicted octanol–water partition coefficient (Wildman–Crippen LogP) is 2.05. The smallest absolute Gasteiger partial charge is 0.251 e. The molecule has 22 heavy (non-hydrogen) atoms. The molecule has 1 aromatic heterocycles. The first kappa shape index (κ1) is 14.4. The van der Waals surface area contributed by atoms with Crippen LogP contribution >= 0.6 is 0 Å². The van der Waals surface area contributed by atoms with Crippen molar-refractivity contribution in [2.75, 3.05) is 13.3 Å². The lowest BCUT2D eigenvalue weighted by atomic mass is 10.2. The Hall–Kier alpha value is -2.50. The quantitative estimate of drug-likeness (QED) is 0.858. The number of carbonyl (C=O) groups is 1. The topological polar surface area (TPSA) is 65.4 Å². The molecule has 0 unspecified atom stereocenters. The number of amides is 1. The molecule has 2 aromatic rings. The third-order valence-electron chi connectivity index (χ3n) is 3.57. The first-order valence-corrected chi connectivity index (χ1v) is 7.32. The average Bonchev–Trinajstić information content (AvgIpc) is 3.08. The predicted molar refractivity (Wildman–Crippen MR) is 81.2 cm³/mol. The van der Waals surface area contributed by atoms with Crippen LogP contribution in [0.15, 0.2) is 24.3 Å². The minimum Gasteiger partial charge on any atom is -0.454 e. The number of hydrogen-bond acceptors (Lipinski definition) is 4. The molecule has 1 amide bonds. The lowest BCUT2D eigenvalue weighted by Crippen LogP contribution is -2.25. The van der Waals surface area contributed by atoms with Gasteiger partial charge in [0.25, 0.3) is 5.91 Å².